The molecule has 2 rings (SSSR count). The van der Waals surface area contributed by atoms with Crippen molar-refractivity contribution < 1.29 is 9.13 Å². The largest absolute Gasteiger partial charge is 0.497 e. The summed E-state index contributed by atoms with van der Waals surface area (Å²) in [5, 5.41) is -0.396. The van der Waals surface area contributed by atoms with Crippen molar-refractivity contribution in [2.75, 3.05) is 7.11 Å². The molecule has 0 aliphatic heterocycles. The number of ether oxygens (including phenoxy) is 1. The molecule has 0 amide bonds. The second-order valence-electron chi connectivity index (χ2n) is 4.19. The van der Waals surface area contributed by atoms with E-state index in [0.717, 1.165) is 10.0 Å². The summed E-state index contributed by atoms with van der Waals surface area (Å²) in [6.07, 6.45) is 0.581. The fourth-order valence-corrected chi connectivity index (χ4v) is 2.45. The zero-order valence-corrected chi connectivity index (χ0v) is 12.7. The number of hydrogen-bond donors (Lipinski definition) is 0. The van der Waals surface area contributed by atoms with Gasteiger partial charge in [0.15, 0.2) is 0 Å². The van der Waals surface area contributed by atoms with Crippen molar-refractivity contribution in [2.24, 2.45) is 0 Å². The fourth-order valence-electron chi connectivity index (χ4n) is 1.83. The van der Waals surface area contributed by atoms with E-state index in [9.17, 15) is 4.39 Å². The average molecular weight is 344 g/mol. The van der Waals surface area contributed by atoms with Gasteiger partial charge in [-0.05, 0) is 30.2 Å². The molecule has 0 fully saturated rings. The summed E-state index contributed by atoms with van der Waals surface area (Å²) in [6, 6.07) is 12.6. The van der Waals surface area contributed by atoms with E-state index in [1.54, 1.807) is 12.1 Å². The second-order valence-corrected chi connectivity index (χ2v) is 5.63. The standard InChI is InChI=1S/C15H13BrClFO/c1-19-12-6-7-13(15(18)9-12)14(17)8-10-2-4-11(16)5-3-10/h2-7,9,14H,8H2,1H3. The molecule has 0 aliphatic carbocycles. The van der Waals surface area contributed by atoms with Gasteiger partial charge in [-0.1, -0.05) is 34.1 Å². The highest BCUT2D eigenvalue weighted by atomic mass is 79.9. The molecular formula is C15H13BrClFO. The van der Waals surface area contributed by atoms with Gasteiger partial charge in [-0.3, -0.25) is 0 Å². The lowest BCUT2D eigenvalue weighted by Crippen LogP contribution is -1.99. The van der Waals surface area contributed by atoms with Gasteiger partial charge in [0.2, 0.25) is 0 Å². The quantitative estimate of drug-likeness (QED) is 0.700. The minimum atomic E-state index is -0.396. The van der Waals surface area contributed by atoms with Crippen LogP contribution >= 0.6 is 27.5 Å². The molecule has 2 aromatic carbocycles. The van der Waals surface area contributed by atoms with Crippen molar-refractivity contribution >= 4 is 27.5 Å². The van der Waals surface area contributed by atoms with Crippen molar-refractivity contribution in [3.05, 3.63) is 63.9 Å². The Balaban J connectivity index is 2.15. The molecule has 0 aromatic heterocycles. The molecule has 1 nitrogen and oxygen atoms in total. The number of halogens is 3. The number of benzene rings is 2. The first-order valence-corrected chi connectivity index (χ1v) is 7.05. The second kappa shape index (κ2) is 6.40. The van der Waals surface area contributed by atoms with Gasteiger partial charge in [-0.25, -0.2) is 4.39 Å². The van der Waals surface area contributed by atoms with E-state index in [2.05, 4.69) is 15.9 Å². The van der Waals surface area contributed by atoms with Crippen LogP contribution in [0.25, 0.3) is 0 Å². The van der Waals surface area contributed by atoms with Gasteiger partial charge in [-0.2, -0.15) is 0 Å². The number of hydrogen-bond acceptors (Lipinski definition) is 1. The van der Waals surface area contributed by atoms with E-state index >= 15 is 0 Å². The van der Waals surface area contributed by atoms with Crippen molar-refractivity contribution in [3.8, 4) is 5.75 Å². The summed E-state index contributed by atoms with van der Waals surface area (Å²) in [5.74, 6) is 0.158. The Morgan fingerprint density at radius 3 is 2.47 bits per heavy atom. The van der Waals surface area contributed by atoms with Gasteiger partial charge in [0.1, 0.15) is 11.6 Å². The number of alkyl halides is 1. The van der Waals surface area contributed by atoms with Gasteiger partial charge in [0.25, 0.3) is 0 Å². The summed E-state index contributed by atoms with van der Waals surface area (Å²) in [4.78, 5) is 0. The van der Waals surface area contributed by atoms with E-state index < -0.39 is 5.38 Å². The van der Waals surface area contributed by atoms with Crippen LogP contribution in [0.15, 0.2) is 46.9 Å². The van der Waals surface area contributed by atoms with E-state index in [1.165, 1.54) is 13.2 Å². The highest BCUT2D eigenvalue weighted by molar-refractivity contribution is 9.10. The molecule has 0 radical (unpaired) electrons. The average Bonchev–Trinajstić information content (AvgIpc) is 2.41. The summed E-state index contributed by atoms with van der Waals surface area (Å²) >= 11 is 9.67. The fraction of sp³-hybridized carbons (Fsp3) is 0.200. The molecule has 0 saturated carbocycles. The van der Waals surface area contributed by atoms with Crippen LogP contribution in [-0.2, 0) is 6.42 Å². The van der Waals surface area contributed by atoms with E-state index in [1.807, 2.05) is 24.3 Å². The van der Waals surface area contributed by atoms with Crippen molar-refractivity contribution in [2.45, 2.75) is 11.8 Å². The first-order valence-electron chi connectivity index (χ1n) is 5.82. The Labute approximate surface area is 125 Å². The van der Waals surface area contributed by atoms with E-state index in [-0.39, 0.29) is 5.82 Å². The molecule has 1 atom stereocenters. The van der Waals surface area contributed by atoms with E-state index in [0.29, 0.717) is 17.7 Å². The molecule has 19 heavy (non-hydrogen) atoms. The maximum Gasteiger partial charge on any atom is 0.131 e. The summed E-state index contributed by atoms with van der Waals surface area (Å²) in [7, 11) is 1.51. The summed E-state index contributed by atoms with van der Waals surface area (Å²) in [5.41, 5.74) is 1.56. The predicted molar refractivity (Wildman–Crippen MR) is 79.4 cm³/mol. The first kappa shape index (κ1) is 14.4. The van der Waals surface area contributed by atoms with Gasteiger partial charge in [-0.15, -0.1) is 11.6 Å². The molecule has 0 aliphatic rings. The topological polar surface area (TPSA) is 9.23 Å². The summed E-state index contributed by atoms with van der Waals surface area (Å²) < 4.78 is 19.9. The Bertz CT molecular complexity index is 557. The van der Waals surface area contributed by atoms with Crippen LogP contribution in [0.2, 0.25) is 0 Å². The number of rotatable bonds is 4. The zero-order valence-electron chi connectivity index (χ0n) is 10.4. The molecule has 100 valence electrons. The smallest absolute Gasteiger partial charge is 0.131 e. The third-order valence-corrected chi connectivity index (χ3v) is 3.79. The maximum absolute atomic E-state index is 13.9. The maximum atomic E-state index is 13.9. The van der Waals surface area contributed by atoms with Crippen LogP contribution in [0.4, 0.5) is 4.39 Å². The molecule has 0 N–H and O–H groups in total. The molecular weight excluding hydrogens is 331 g/mol. The lowest BCUT2D eigenvalue weighted by atomic mass is 10.0. The SMILES string of the molecule is COc1ccc(C(Cl)Cc2ccc(Br)cc2)c(F)c1. The van der Waals surface area contributed by atoms with Gasteiger partial charge in [0, 0.05) is 16.1 Å². The third kappa shape index (κ3) is 3.71. The van der Waals surface area contributed by atoms with Crippen LogP contribution in [0.3, 0.4) is 0 Å². The normalized spacial score (nSPS) is 12.2. The molecule has 2 aromatic rings. The highest BCUT2D eigenvalue weighted by Crippen LogP contribution is 2.29. The molecule has 1 unspecified atom stereocenters. The molecule has 0 bridgehead atoms. The number of methoxy groups -OCH3 is 1. The highest BCUT2D eigenvalue weighted by Gasteiger charge is 2.14. The molecule has 0 spiro atoms. The van der Waals surface area contributed by atoms with Crippen LogP contribution < -0.4 is 4.74 Å². The minimum absolute atomic E-state index is 0.337. The van der Waals surface area contributed by atoms with Crippen molar-refractivity contribution in [1.82, 2.24) is 0 Å². The van der Waals surface area contributed by atoms with Gasteiger partial charge >= 0.3 is 0 Å². The van der Waals surface area contributed by atoms with Crippen LogP contribution in [0.5, 0.6) is 5.75 Å². The Hall–Kier alpha value is -1.06. The Morgan fingerprint density at radius 1 is 1.21 bits per heavy atom. The molecule has 0 saturated heterocycles. The summed E-state index contributed by atoms with van der Waals surface area (Å²) in [6.45, 7) is 0. The van der Waals surface area contributed by atoms with Crippen molar-refractivity contribution in [1.29, 1.82) is 0 Å². The zero-order chi connectivity index (χ0) is 13.8. The van der Waals surface area contributed by atoms with Gasteiger partial charge in [0.05, 0.1) is 12.5 Å². The Morgan fingerprint density at radius 2 is 1.89 bits per heavy atom. The minimum Gasteiger partial charge on any atom is -0.497 e. The van der Waals surface area contributed by atoms with E-state index in [4.69, 9.17) is 16.3 Å². The monoisotopic (exact) mass is 342 g/mol. The molecule has 0 heterocycles. The van der Waals surface area contributed by atoms with Crippen LogP contribution in [0, 0.1) is 5.82 Å². The lowest BCUT2D eigenvalue weighted by molar-refractivity contribution is 0.410. The predicted octanol–water partition coefficient (Wildman–Crippen LogP) is 5.12. The lowest BCUT2D eigenvalue weighted by Gasteiger charge is -2.12. The Kier molecular flexibility index (Phi) is 4.83. The molecule has 4 heteroatoms. The van der Waals surface area contributed by atoms with Gasteiger partial charge < -0.3 is 4.74 Å². The van der Waals surface area contributed by atoms with Crippen LogP contribution in [0.1, 0.15) is 16.5 Å². The van der Waals surface area contributed by atoms with Crippen molar-refractivity contribution in [3.63, 3.8) is 0 Å². The first-order chi connectivity index (χ1) is 9.10. The van der Waals surface area contributed by atoms with Crippen LogP contribution in [-0.4, -0.2) is 7.11 Å². The third-order valence-electron chi connectivity index (χ3n) is 2.87.